The van der Waals surface area contributed by atoms with Gasteiger partial charge < -0.3 is 20.1 Å². The predicted octanol–water partition coefficient (Wildman–Crippen LogP) is 0.167. The van der Waals surface area contributed by atoms with E-state index in [2.05, 4.69) is 20.4 Å². The summed E-state index contributed by atoms with van der Waals surface area (Å²) in [6.45, 7) is 0.872. The van der Waals surface area contributed by atoms with Crippen molar-refractivity contribution in [3.63, 3.8) is 0 Å². The van der Waals surface area contributed by atoms with Gasteiger partial charge >= 0.3 is 5.69 Å². The fraction of sp³-hybridized carbons (Fsp3) is 0.286. The van der Waals surface area contributed by atoms with Crippen LogP contribution in [0.25, 0.3) is 22.3 Å². The van der Waals surface area contributed by atoms with Crippen LogP contribution in [0.15, 0.2) is 34.2 Å². The summed E-state index contributed by atoms with van der Waals surface area (Å²) in [6, 6.07) is 5.73. The van der Waals surface area contributed by atoms with E-state index in [-0.39, 0.29) is 23.5 Å². The Balaban J connectivity index is 1.59. The summed E-state index contributed by atoms with van der Waals surface area (Å²) in [5.41, 5.74) is 1.55. The molecule has 0 spiro atoms. The zero-order valence-electron chi connectivity index (χ0n) is 17.7. The van der Waals surface area contributed by atoms with E-state index in [1.165, 1.54) is 11.3 Å². The van der Waals surface area contributed by atoms with Crippen molar-refractivity contribution in [1.29, 1.82) is 0 Å². The number of carbonyl (C=O) groups is 1. The summed E-state index contributed by atoms with van der Waals surface area (Å²) in [7, 11) is 1.58. The number of rotatable bonds is 7. The molecule has 0 atom stereocenters. The topological polar surface area (TPSA) is 150 Å². The third kappa shape index (κ3) is 4.43. The number of imidazole rings is 1. The molecular formula is C21H21N7O4S. The lowest BCUT2D eigenvalue weighted by molar-refractivity contribution is 0.0941. The molecule has 4 heterocycles. The second-order valence-corrected chi connectivity index (χ2v) is 8.68. The van der Waals surface area contributed by atoms with Crippen molar-refractivity contribution in [1.82, 2.24) is 29.9 Å². The number of aromatic nitrogens is 5. The van der Waals surface area contributed by atoms with Gasteiger partial charge in [-0.3, -0.25) is 14.8 Å². The van der Waals surface area contributed by atoms with Gasteiger partial charge in [-0.1, -0.05) is 0 Å². The Morgan fingerprint density at radius 2 is 2.27 bits per heavy atom. The number of H-pyrrole nitrogens is 2. The lowest BCUT2D eigenvalue weighted by atomic mass is 10.3. The first-order chi connectivity index (χ1) is 16.0. The van der Waals surface area contributed by atoms with Gasteiger partial charge in [-0.05, 0) is 31.1 Å². The molecule has 0 radical (unpaired) electrons. The minimum Gasteiger partial charge on any atom is -0.493 e. The van der Waals surface area contributed by atoms with Crippen LogP contribution in [-0.2, 0) is 4.74 Å². The molecule has 5 rings (SSSR count). The SMILES string of the molecule is COCCNC(=O)c1ccc(-c2cc(=NC3CC3)n3nc/c(=C/c4[nH]c(=O)[nH]c4O)c3n2)s1. The molecule has 0 aliphatic heterocycles. The van der Waals surface area contributed by atoms with Gasteiger partial charge in [0, 0.05) is 24.9 Å². The molecule has 170 valence electrons. The molecule has 1 fully saturated rings. The van der Waals surface area contributed by atoms with E-state index in [0.717, 1.165) is 17.7 Å². The van der Waals surface area contributed by atoms with E-state index in [9.17, 15) is 14.7 Å². The fourth-order valence-electron chi connectivity index (χ4n) is 3.27. The van der Waals surface area contributed by atoms with Crippen molar-refractivity contribution in [2.24, 2.45) is 4.99 Å². The van der Waals surface area contributed by atoms with E-state index in [1.807, 2.05) is 12.1 Å². The van der Waals surface area contributed by atoms with Crippen molar-refractivity contribution in [3.05, 3.63) is 56.2 Å². The molecule has 1 saturated carbocycles. The number of aromatic amines is 2. The molecule has 12 heteroatoms. The van der Waals surface area contributed by atoms with Gasteiger partial charge in [-0.15, -0.1) is 11.3 Å². The summed E-state index contributed by atoms with van der Waals surface area (Å²) in [5.74, 6) is -0.432. The van der Waals surface area contributed by atoms with E-state index in [4.69, 9.17) is 14.7 Å². The van der Waals surface area contributed by atoms with Crippen molar-refractivity contribution in [3.8, 4) is 16.5 Å². The Labute approximate surface area is 190 Å². The second-order valence-electron chi connectivity index (χ2n) is 7.59. The van der Waals surface area contributed by atoms with Crippen LogP contribution in [0.3, 0.4) is 0 Å². The average molecular weight is 468 g/mol. The van der Waals surface area contributed by atoms with Crippen molar-refractivity contribution < 1.29 is 14.6 Å². The zero-order valence-corrected chi connectivity index (χ0v) is 18.5. The van der Waals surface area contributed by atoms with Gasteiger partial charge in [0.05, 0.1) is 34.3 Å². The van der Waals surface area contributed by atoms with Crippen LogP contribution in [0.4, 0.5) is 0 Å². The Morgan fingerprint density at radius 3 is 3.00 bits per heavy atom. The first-order valence-electron chi connectivity index (χ1n) is 10.3. The van der Waals surface area contributed by atoms with Crippen molar-refractivity contribution in [2.45, 2.75) is 18.9 Å². The number of amides is 1. The van der Waals surface area contributed by atoms with Gasteiger partial charge in [0.1, 0.15) is 5.69 Å². The van der Waals surface area contributed by atoms with Gasteiger partial charge in [0.15, 0.2) is 11.1 Å². The number of hydrogen-bond acceptors (Lipinski definition) is 8. The van der Waals surface area contributed by atoms with Crippen molar-refractivity contribution in [2.75, 3.05) is 20.3 Å². The van der Waals surface area contributed by atoms with Crippen LogP contribution in [0.2, 0.25) is 0 Å². The van der Waals surface area contributed by atoms with Crippen LogP contribution < -0.4 is 21.7 Å². The van der Waals surface area contributed by atoms with Crippen LogP contribution in [0.1, 0.15) is 28.2 Å². The smallest absolute Gasteiger partial charge is 0.326 e. The molecule has 4 aromatic heterocycles. The van der Waals surface area contributed by atoms with E-state index in [1.54, 1.807) is 30.0 Å². The van der Waals surface area contributed by atoms with Crippen LogP contribution in [-0.4, -0.2) is 61.9 Å². The molecule has 1 aliphatic rings. The zero-order chi connectivity index (χ0) is 22.9. The number of nitrogens with zero attached hydrogens (tertiary/aromatic N) is 4. The van der Waals surface area contributed by atoms with Gasteiger partial charge in [0.2, 0.25) is 5.88 Å². The molecule has 1 aliphatic carbocycles. The number of ether oxygens (including phenoxy) is 1. The molecule has 0 bridgehead atoms. The van der Waals surface area contributed by atoms with Gasteiger partial charge in [-0.2, -0.15) is 9.61 Å². The second kappa shape index (κ2) is 8.64. The van der Waals surface area contributed by atoms with E-state index < -0.39 is 5.69 Å². The van der Waals surface area contributed by atoms with Crippen molar-refractivity contribution >= 4 is 29.0 Å². The highest BCUT2D eigenvalue weighted by molar-refractivity contribution is 7.17. The molecule has 11 nitrogen and oxygen atoms in total. The number of nitrogens with one attached hydrogen (secondary N) is 3. The predicted molar refractivity (Wildman–Crippen MR) is 121 cm³/mol. The quantitative estimate of drug-likeness (QED) is 0.285. The molecule has 0 unspecified atom stereocenters. The largest absolute Gasteiger partial charge is 0.493 e. The third-order valence-corrected chi connectivity index (χ3v) is 6.16. The molecular weight excluding hydrogens is 446 g/mol. The molecule has 33 heavy (non-hydrogen) atoms. The molecule has 4 aromatic rings. The lowest BCUT2D eigenvalue weighted by Crippen LogP contribution is -2.26. The fourth-order valence-corrected chi connectivity index (χ4v) is 4.16. The summed E-state index contributed by atoms with van der Waals surface area (Å²) < 4.78 is 6.61. The maximum atomic E-state index is 12.4. The number of carbonyl (C=O) groups excluding carboxylic acids is 1. The molecule has 0 aromatic carbocycles. The monoisotopic (exact) mass is 467 g/mol. The van der Waals surface area contributed by atoms with Crippen LogP contribution >= 0.6 is 11.3 Å². The minimum atomic E-state index is -0.511. The maximum absolute atomic E-state index is 12.4. The number of thiophene rings is 1. The van der Waals surface area contributed by atoms with Crippen LogP contribution in [0, 0.1) is 0 Å². The highest BCUT2D eigenvalue weighted by atomic mass is 32.1. The number of hydrogen-bond donors (Lipinski definition) is 4. The van der Waals surface area contributed by atoms with E-state index in [0.29, 0.717) is 40.1 Å². The normalized spacial score (nSPS) is 14.9. The molecule has 1 amide bonds. The Morgan fingerprint density at radius 1 is 1.42 bits per heavy atom. The third-order valence-electron chi connectivity index (χ3n) is 5.05. The Kier molecular flexibility index (Phi) is 5.52. The molecule has 0 saturated heterocycles. The highest BCUT2D eigenvalue weighted by Crippen LogP contribution is 2.27. The van der Waals surface area contributed by atoms with Gasteiger partial charge in [-0.25, -0.2) is 9.78 Å². The first kappa shape index (κ1) is 21.1. The average Bonchev–Trinajstić information content (AvgIpc) is 3.18. The maximum Gasteiger partial charge on any atom is 0.326 e. The Bertz CT molecular complexity index is 1510. The summed E-state index contributed by atoms with van der Waals surface area (Å²) in [5, 5.41) is 17.7. The van der Waals surface area contributed by atoms with Crippen LogP contribution in [0.5, 0.6) is 5.88 Å². The number of fused-ring (bicyclic) bond motifs is 1. The number of aromatic hydroxyl groups is 1. The van der Waals surface area contributed by atoms with Gasteiger partial charge in [0.25, 0.3) is 5.91 Å². The highest BCUT2D eigenvalue weighted by Gasteiger charge is 2.21. The number of methoxy groups -OCH3 is 1. The summed E-state index contributed by atoms with van der Waals surface area (Å²) >= 11 is 1.33. The standard InChI is InChI=1S/C21H21N7O4S/c1-32-7-6-22-20(30)16-5-4-15(33-16)13-9-17(24-12-2-3-12)28-18(25-13)11(10-23-28)8-14-19(29)27-21(31)26-14/h4-5,8-10,12,29H,2-3,6-7H2,1H3,(H,22,30)(H2,26,27,31)/b11-8-,24-17?. The first-order valence-corrected chi connectivity index (χ1v) is 11.2. The lowest BCUT2D eigenvalue weighted by Gasteiger charge is -2.02. The summed E-state index contributed by atoms with van der Waals surface area (Å²) in [4.78, 5) is 39.6. The molecule has 4 N–H and O–H groups in total. The van der Waals surface area contributed by atoms with E-state index >= 15 is 0 Å². The minimum absolute atomic E-state index is 0.169. The summed E-state index contributed by atoms with van der Waals surface area (Å²) in [6.07, 6.45) is 5.26. The Hall–Kier alpha value is -3.77.